The molecule has 11 nitrogen and oxygen atoms in total. The number of amides is 2. The van der Waals surface area contributed by atoms with Crippen molar-refractivity contribution in [1.29, 1.82) is 0 Å². The number of ether oxygens (including phenoxy) is 4. The highest BCUT2D eigenvalue weighted by Gasteiger charge is 2.27. The van der Waals surface area contributed by atoms with Crippen LogP contribution in [0.2, 0.25) is 0 Å². The number of hydrogen-bond acceptors (Lipinski definition) is 8. The predicted molar refractivity (Wildman–Crippen MR) is 194 cm³/mol. The van der Waals surface area contributed by atoms with Crippen LogP contribution in [0.4, 0.5) is 18.4 Å². The lowest BCUT2D eigenvalue weighted by molar-refractivity contribution is 0.0260. The Kier molecular flexibility index (Phi) is 12.2. The van der Waals surface area contributed by atoms with Gasteiger partial charge in [0, 0.05) is 39.8 Å². The number of carbonyl (C=O) groups is 2. The Morgan fingerprint density at radius 2 is 1.17 bits per heavy atom. The van der Waals surface area contributed by atoms with E-state index in [1.165, 1.54) is 12.1 Å². The fourth-order valence-corrected chi connectivity index (χ4v) is 5.95. The molecule has 280 valence electrons. The predicted octanol–water partition coefficient (Wildman–Crippen LogP) is 7.60. The van der Waals surface area contributed by atoms with Crippen molar-refractivity contribution in [2.24, 2.45) is 0 Å². The molecule has 5 rings (SSSR count). The smallest absolute Gasteiger partial charge is 0.410 e. The first-order chi connectivity index (χ1) is 24.6. The number of aromatic nitrogens is 3. The first-order valence-electron chi connectivity index (χ1n) is 17.6. The molecule has 0 N–H and O–H groups in total. The van der Waals surface area contributed by atoms with Gasteiger partial charge in [-0.05, 0) is 101 Å². The Morgan fingerprint density at radius 1 is 0.712 bits per heavy atom. The molecule has 2 aliphatic rings. The summed E-state index contributed by atoms with van der Waals surface area (Å²) in [7, 11) is 1.58. The van der Waals surface area contributed by atoms with Crippen LogP contribution in [0.3, 0.4) is 0 Å². The van der Waals surface area contributed by atoms with Gasteiger partial charge in [-0.2, -0.15) is 0 Å². The Balaban J connectivity index is 1.37. The number of methoxy groups -OCH3 is 1. The monoisotopic (exact) mass is 721 g/mol. The van der Waals surface area contributed by atoms with E-state index in [9.17, 15) is 9.59 Å². The van der Waals surface area contributed by atoms with Gasteiger partial charge in [-0.1, -0.05) is 24.3 Å². The molecule has 2 aliphatic heterocycles. The maximum Gasteiger partial charge on any atom is 0.410 e. The summed E-state index contributed by atoms with van der Waals surface area (Å²) in [5.74, 6) is -0.532. The van der Waals surface area contributed by atoms with E-state index in [4.69, 9.17) is 18.9 Å². The minimum atomic E-state index is -0.590. The number of rotatable bonds is 10. The highest BCUT2D eigenvalue weighted by molar-refractivity contribution is 5.76. The third kappa shape index (κ3) is 9.82. The zero-order chi connectivity index (χ0) is 37.6. The van der Waals surface area contributed by atoms with Crippen LogP contribution < -0.4 is 0 Å². The van der Waals surface area contributed by atoms with Crippen LogP contribution in [0.15, 0.2) is 48.6 Å². The van der Waals surface area contributed by atoms with Crippen molar-refractivity contribution >= 4 is 23.3 Å². The maximum absolute atomic E-state index is 15.9. The minimum Gasteiger partial charge on any atom is -0.444 e. The van der Waals surface area contributed by atoms with E-state index in [1.807, 2.05) is 65.8 Å². The first-order valence-corrected chi connectivity index (χ1v) is 17.6. The molecule has 52 heavy (non-hydrogen) atoms. The topological polar surface area (TPSA) is 108 Å². The number of nitrogens with zero attached hydrogens (tertiary/aromatic N) is 5. The third-order valence-electron chi connectivity index (χ3n) is 8.53. The van der Waals surface area contributed by atoms with E-state index < -0.39 is 22.8 Å². The van der Waals surface area contributed by atoms with E-state index in [2.05, 4.69) is 10.2 Å². The summed E-state index contributed by atoms with van der Waals surface area (Å²) in [4.78, 5) is 28.2. The normalized spacial score (nSPS) is 15.3. The van der Waals surface area contributed by atoms with Crippen LogP contribution in [-0.2, 0) is 25.5 Å². The summed E-state index contributed by atoms with van der Waals surface area (Å²) in [6.07, 6.45) is 4.15. The number of halogens is 2. The van der Waals surface area contributed by atoms with Crippen LogP contribution in [0.1, 0.15) is 65.5 Å². The van der Waals surface area contributed by atoms with E-state index in [1.54, 1.807) is 33.6 Å². The second-order valence-electron chi connectivity index (χ2n) is 14.8. The summed E-state index contributed by atoms with van der Waals surface area (Å²) < 4.78 is 55.2. The van der Waals surface area contributed by atoms with Gasteiger partial charge in [-0.3, -0.25) is 0 Å². The quantitative estimate of drug-likeness (QED) is 0.197. The molecule has 0 saturated carbocycles. The van der Waals surface area contributed by atoms with E-state index in [0.29, 0.717) is 63.4 Å². The Morgan fingerprint density at radius 3 is 1.54 bits per heavy atom. The first kappa shape index (κ1) is 38.6. The maximum atomic E-state index is 15.9. The highest BCUT2D eigenvalue weighted by atomic mass is 19.1. The molecule has 0 saturated heterocycles. The Bertz CT molecular complexity index is 1700. The van der Waals surface area contributed by atoms with Crippen molar-refractivity contribution in [2.45, 2.75) is 72.1 Å². The van der Waals surface area contributed by atoms with E-state index >= 15 is 8.78 Å². The molecule has 0 radical (unpaired) electrons. The van der Waals surface area contributed by atoms with E-state index in [-0.39, 0.29) is 48.1 Å². The molecule has 0 fully saturated rings. The van der Waals surface area contributed by atoms with Crippen LogP contribution in [0.25, 0.3) is 33.9 Å². The second-order valence-corrected chi connectivity index (χ2v) is 14.8. The Hall–Kier alpha value is -4.62. The van der Waals surface area contributed by atoms with E-state index in [0.717, 1.165) is 11.1 Å². The lowest BCUT2D eigenvalue weighted by atomic mass is 9.97. The lowest BCUT2D eigenvalue weighted by Crippen LogP contribution is -2.39. The molecular weight excluding hydrogens is 672 g/mol. The van der Waals surface area contributed by atoms with Gasteiger partial charge in [0.15, 0.2) is 11.6 Å². The van der Waals surface area contributed by atoms with Crippen molar-refractivity contribution in [3.63, 3.8) is 0 Å². The van der Waals surface area contributed by atoms with Crippen molar-refractivity contribution in [2.75, 3.05) is 53.1 Å². The average molecular weight is 722 g/mol. The molecule has 1 aromatic heterocycles. The summed E-state index contributed by atoms with van der Waals surface area (Å²) in [6.45, 7) is 13.8. The van der Waals surface area contributed by atoms with Crippen molar-refractivity contribution in [1.82, 2.24) is 24.6 Å². The zero-order valence-electron chi connectivity index (χ0n) is 31.1. The molecule has 0 unspecified atom stereocenters. The van der Waals surface area contributed by atoms with Gasteiger partial charge in [0.1, 0.15) is 22.8 Å². The molecule has 0 spiro atoms. The molecular formula is C39H49F2N5O6. The van der Waals surface area contributed by atoms with Gasteiger partial charge >= 0.3 is 12.2 Å². The van der Waals surface area contributed by atoms with Crippen LogP contribution in [0, 0.1) is 11.6 Å². The molecule has 2 aromatic carbocycles. The van der Waals surface area contributed by atoms with Crippen molar-refractivity contribution in [3.8, 4) is 22.8 Å². The molecule has 3 aromatic rings. The van der Waals surface area contributed by atoms with Gasteiger partial charge in [-0.15, -0.1) is 10.2 Å². The third-order valence-corrected chi connectivity index (χ3v) is 8.53. The average Bonchev–Trinajstić information content (AvgIpc) is 3.49. The number of hydrogen-bond donors (Lipinski definition) is 0. The van der Waals surface area contributed by atoms with Gasteiger partial charge in [0.2, 0.25) is 0 Å². The highest BCUT2D eigenvalue weighted by Crippen LogP contribution is 2.33. The van der Waals surface area contributed by atoms with Gasteiger partial charge in [0.05, 0.1) is 30.9 Å². The standard InChI is InChI=1S/C39H49F2N5O6/c1-38(2,3)51-36(47)44-16-12-26(13-17-44)28-8-10-30(32(40)24-28)34-42-43-35(46(34)20-21-50-23-22-49-7)31-11-9-29(25-33(31)41)27-14-18-45(19-15-27)37(48)52-39(4,5)6/h8-12,14,24-25H,13,15-23H2,1-7H3. The zero-order valence-corrected chi connectivity index (χ0v) is 31.1. The molecule has 3 heterocycles. The van der Waals surface area contributed by atoms with Gasteiger partial charge in [-0.25, -0.2) is 18.4 Å². The van der Waals surface area contributed by atoms with Crippen LogP contribution in [0.5, 0.6) is 0 Å². The van der Waals surface area contributed by atoms with Gasteiger partial charge in [0.25, 0.3) is 0 Å². The molecule has 2 amide bonds. The second kappa shape index (κ2) is 16.4. The van der Waals surface area contributed by atoms with Crippen molar-refractivity contribution < 1.29 is 37.3 Å². The number of carbonyl (C=O) groups excluding carboxylic acids is 2. The minimum absolute atomic E-state index is 0.213. The summed E-state index contributed by atoms with van der Waals surface area (Å²) >= 11 is 0. The molecule has 0 bridgehead atoms. The molecule has 0 atom stereocenters. The van der Waals surface area contributed by atoms with Gasteiger partial charge < -0.3 is 33.3 Å². The van der Waals surface area contributed by atoms with Crippen molar-refractivity contribution in [3.05, 3.63) is 71.3 Å². The summed E-state index contributed by atoms with van der Waals surface area (Å²) in [6, 6.07) is 9.84. The molecule has 13 heteroatoms. The van der Waals surface area contributed by atoms with Crippen LogP contribution >= 0.6 is 0 Å². The lowest BCUT2D eigenvalue weighted by Gasteiger charge is -2.29. The summed E-state index contributed by atoms with van der Waals surface area (Å²) in [5, 5.41) is 8.67. The Labute approximate surface area is 304 Å². The fourth-order valence-electron chi connectivity index (χ4n) is 5.95. The SMILES string of the molecule is COCCOCCn1c(-c2ccc(C3=CCN(C(=O)OC(C)(C)C)CC3)cc2F)nnc1-c1ccc(C2=CCN(C(=O)OC(C)(C)C)CC2)cc1F. The summed E-state index contributed by atoms with van der Waals surface area (Å²) in [5.41, 5.74) is 2.49. The van der Waals surface area contributed by atoms with Crippen LogP contribution in [-0.4, -0.2) is 101 Å². The fraction of sp³-hybridized carbons (Fsp3) is 0.487. The largest absolute Gasteiger partial charge is 0.444 e. The number of benzene rings is 2. The molecule has 0 aliphatic carbocycles.